The highest BCUT2D eigenvalue weighted by atomic mass is 32.2. The molecule has 1 N–H and O–H groups in total. The van der Waals surface area contributed by atoms with Crippen molar-refractivity contribution in [2.24, 2.45) is 0 Å². The lowest BCUT2D eigenvalue weighted by atomic mass is 10.2. The number of hydrogen-bond acceptors (Lipinski definition) is 6. The van der Waals surface area contributed by atoms with Gasteiger partial charge >= 0.3 is 0 Å². The number of para-hydroxylation sites is 1. The van der Waals surface area contributed by atoms with E-state index in [0.29, 0.717) is 24.7 Å². The maximum atomic E-state index is 12.8. The molecule has 1 aliphatic rings. The zero-order valence-corrected chi connectivity index (χ0v) is 20.2. The second-order valence-corrected chi connectivity index (χ2v) is 10.8. The highest BCUT2D eigenvalue weighted by molar-refractivity contribution is 7.99. The fourth-order valence-corrected chi connectivity index (χ4v) is 5.72. The molecular weight excluding hydrogens is 444 g/mol. The third-order valence-electron chi connectivity index (χ3n) is 5.45. The van der Waals surface area contributed by atoms with E-state index in [2.05, 4.69) is 27.3 Å². The Hall–Kier alpha value is -2.10. The summed E-state index contributed by atoms with van der Waals surface area (Å²) >= 11 is 1.31. The van der Waals surface area contributed by atoms with Crippen molar-refractivity contribution in [3.05, 3.63) is 48.7 Å². The van der Waals surface area contributed by atoms with Gasteiger partial charge in [-0.3, -0.25) is 4.79 Å². The van der Waals surface area contributed by atoms with E-state index in [-0.39, 0.29) is 16.6 Å². The predicted octanol–water partition coefficient (Wildman–Crippen LogP) is 3.38. The summed E-state index contributed by atoms with van der Waals surface area (Å²) in [5, 5.41) is 3.57. The monoisotopic (exact) mass is 476 g/mol. The van der Waals surface area contributed by atoms with E-state index in [1.54, 1.807) is 16.4 Å². The van der Waals surface area contributed by atoms with Gasteiger partial charge in [0, 0.05) is 45.1 Å². The lowest BCUT2D eigenvalue weighted by molar-refractivity contribution is -0.118. The van der Waals surface area contributed by atoms with Gasteiger partial charge in [-0.2, -0.15) is 4.31 Å². The first-order valence-corrected chi connectivity index (χ1v) is 13.5. The van der Waals surface area contributed by atoms with Gasteiger partial charge in [-0.05, 0) is 43.5 Å². The summed E-state index contributed by atoms with van der Waals surface area (Å²) in [5.74, 6) is 0.195. The average molecular weight is 477 g/mol. The van der Waals surface area contributed by atoms with E-state index in [1.165, 1.54) is 18.0 Å². The highest BCUT2D eigenvalue weighted by Crippen LogP contribution is 2.22. The zero-order valence-electron chi connectivity index (χ0n) is 18.6. The van der Waals surface area contributed by atoms with Crippen LogP contribution in [0.15, 0.2) is 58.6 Å². The number of nitrogens with one attached hydrogen (secondary N) is 1. The Bertz CT molecular complexity index is 945. The van der Waals surface area contributed by atoms with Crippen molar-refractivity contribution in [1.29, 1.82) is 0 Å². The number of carbonyl (C=O) groups excluding carboxylic acids is 1. The first-order chi connectivity index (χ1) is 15.5. The Labute approximate surface area is 195 Å². The summed E-state index contributed by atoms with van der Waals surface area (Å²) in [6, 6.07) is 13.4. The SMILES string of the molecule is CN(CCCNC(=O)CSc1ccc(S(=O)(=O)N2CCCCCC2)cn1)c1ccccc1. The molecule has 0 atom stereocenters. The molecule has 0 bridgehead atoms. The Morgan fingerprint density at radius 1 is 1.09 bits per heavy atom. The lowest BCUT2D eigenvalue weighted by Gasteiger charge is -2.19. The molecule has 2 aromatic rings. The van der Waals surface area contributed by atoms with Gasteiger partial charge in [0.2, 0.25) is 15.9 Å². The number of anilines is 1. The molecule has 174 valence electrons. The van der Waals surface area contributed by atoms with Gasteiger partial charge in [-0.15, -0.1) is 0 Å². The maximum Gasteiger partial charge on any atom is 0.244 e. The molecule has 3 rings (SSSR count). The van der Waals surface area contributed by atoms with Crippen molar-refractivity contribution >= 4 is 33.4 Å². The summed E-state index contributed by atoms with van der Waals surface area (Å²) in [4.78, 5) is 18.8. The molecule has 1 aliphatic heterocycles. The molecule has 1 fully saturated rings. The number of pyridine rings is 1. The van der Waals surface area contributed by atoms with E-state index >= 15 is 0 Å². The quantitative estimate of drug-likeness (QED) is 0.418. The van der Waals surface area contributed by atoms with Gasteiger partial charge in [0.1, 0.15) is 4.90 Å². The minimum Gasteiger partial charge on any atom is -0.375 e. The largest absolute Gasteiger partial charge is 0.375 e. The van der Waals surface area contributed by atoms with Crippen LogP contribution in [0, 0.1) is 0 Å². The van der Waals surface area contributed by atoms with Crippen LogP contribution in [-0.2, 0) is 14.8 Å². The molecule has 1 saturated heterocycles. The molecule has 0 saturated carbocycles. The highest BCUT2D eigenvalue weighted by Gasteiger charge is 2.25. The number of nitrogens with zero attached hydrogens (tertiary/aromatic N) is 3. The first kappa shape index (κ1) is 24.5. The van der Waals surface area contributed by atoms with Crippen LogP contribution in [0.3, 0.4) is 0 Å². The Kier molecular flexibility index (Phi) is 9.37. The lowest BCUT2D eigenvalue weighted by Crippen LogP contribution is -2.32. The second kappa shape index (κ2) is 12.2. The molecule has 0 radical (unpaired) electrons. The van der Waals surface area contributed by atoms with Crippen molar-refractivity contribution in [3.63, 3.8) is 0 Å². The van der Waals surface area contributed by atoms with Crippen LogP contribution >= 0.6 is 11.8 Å². The van der Waals surface area contributed by atoms with Crippen molar-refractivity contribution in [2.75, 3.05) is 43.9 Å². The van der Waals surface area contributed by atoms with Gasteiger partial charge in [0.25, 0.3) is 0 Å². The Balaban J connectivity index is 1.39. The summed E-state index contributed by atoms with van der Waals surface area (Å²) in [5.41, 5.74) is 1.15. The van der Waals surface area contributed by atoms with Gasteiger partial charge in [0.15, 0.2) is 0 Å². The molecular formula is C23H32N4O3S2. The number of thioether (sulfide) groups is 1. The fraction of sp³-hybridized carbons (Fsp3) is 0.478. The van der Waals surface area contributed by atoms with Crippen LogP contribution in [0.25, 0.3) is 0 Å². The standard InChI is InChI=1S/C23H32N4O3S2/c1-26(20-10-5-4-6-11-20)15-9-14-24-22(28)19-31-23-13-12-21(18-25-23)32(29,30)27-16-7-2-3-8-17-27/h4-6,10-13,18H,2-3,7-9,14-17,19H2,1H3,(H,24,28). The van der Waals surface area contributed by atoms with Crippen molar-refractivity contribution in [1.82, 2.24) is 14.6 Å². The maximum absolute atomic E-state index is 12.8. The van der Waals surface area contributed by atoms with Gasteiger partial charge in [-0.25, -0.2) is 13.4 Å². The molecule has 0 unspecified atom stereocenters. The topological polar surface area (TPSA) is 82.6 Å². The third kappa shape index (κ3) is 7.21. The number of sulfonamides is 1. The van der Waals surface area contributed by atoms with Crippen LogP contribution in [0.1, 0.15) is 32.1 Å². The smallest absolute Gasteiger partial charge is 0.244 e. The average Bonchev–Trinajstić information content (AvgIpc) is 3.11. The predicted molar refractivity (Wildman–Crippen MR) is 130 cm³/mol. The van der Waals surface area contributed by atoms with Crippen LogP contribution in [0.4, 0.5) is 5.69 Å². The number of amides is 1. The number of benzene rings is 1. The molecule has 9 heteroatoms. The number of carbonyl (C=O) groups is 1. The second-order valence-electron chi connectivity index (χ2n) is 7.90. The normalized spacial score (nSPS) is 15.2. The number of aromatic nitrogens is 1. The first-order valence-electron chi connectivity index (χ1n) is 11.1. The summed E-state index contributed by atoms with van der Waals surface area (Å²) < 4.78 is 27.2. The van der Waals surface area contributed by atoms with Gasteiger partial charge in [0.05, 0.1) is 10.8 Å². The van der Waals surface area contributed by atoms with Crippen LogP contribution in [-0.4, -0.2) is 62.6 Å². The summed E-state index contributed by atoms with van der Waals surface area (Å²) in [7, 11) is -1.46. The number of rotatable bonds is 10. The molecule has 1 aromatic heterocycles. The van der Waals surface area contributed by atoms with E-state index in [0.717, 1.165) is 44.3 Å². The van der Waals surface area contributed by atoms with E-state index < -0.39 is 10.0 Å². The van der Waals surface area contributed by atoms with Crippen molar-refractivity contribution in [3.8, 4) is 0 Å². The molecule has 1 aromatic carbocycles. The molecule has 0 spiro atoms. The van der Waals surface area contributed by atoms with Gasteiger partial charge < -0.3 is 10.2 Å². The van der Waals surface area contributed by atoms with Crippen LogP contribution in [0.2, 0.25) is 0 Å². The molecule has 0 aliphatic carbocycles. The Morgan fingerprint density at radius 3 is 2.47 bits per heavy atom. The minimum atomic E-state index is -3.50. The van der Waals surface area contributed by atoms with Gasteiger partial charge in [-0.1, -0.05) is 42.8 Å². The molecule has 2 heterocycles. The van der Waals surface area contributed by atoms with Crippen molar-refractivity contribution in [2.45, 2.75) is 42.0 Å². The fourth-order valence-electron chi connectivity index (χ4n) is 3.58. The molecule has 7 nitrogen and oxygen atoms in total. The van der Waals surface area contributed by atoms with E-state index in [1.807, 2.05) is 25.2 Å². The summed E-state index contributed by atoms with van der Waals surface area (Å²) in [6.07, 6.45) is 6.21. The third-order valence-corrected chi connectivity index (χ3v) is 8.28. The van der Waals surface area contributed by atoms with Crippen molar-refractivity contribution < 1.29 is 13.2 Å². The molecule has 1 amide bonds. The van der Waals surface area contributed by atoms with Crippen LogP contribution in [0.5, 0.6) is 0 Å². The van der Waals surface area contributed by atoms with E-state index in [4.69, 9.17) is 0 Å². The Morgan fingerprint density at radius 2 is 1.81 bits per heavy atom. The number of hydrogen-bond donors (Lipinski definition) is 1. The van der Waals surface area contributed by atoms with E-state index in [9.17, 15) is 13.2 Å². The summed E-state index contributed by atoms with van der Waals surface area (Å²) in [6.45, 7) is 2.60. The minimum absolute atomic E-state index is 0.0552. The van der Waals surface area contributed by atoms with Crippen LogP contribution < -0.4 is 10.2 Å². The zero-order chi connectivity index (χ0) is 22.8. The molecule has 32 heavy (non-hydrogen) atoms.